The highest BCUT2D eigenvalue weighted by atomic mass is 16.6. The average Bonchev–Trinajstić information content (AvgIpc) is 3.10. The van der Waals surface area contributed by atoms with Gasteiger partial charge in [0.05, 0.1) is 0 Å². The molecule has 0 aromatic heterocycles. The average molecular weight is 225 g/mol. The molecule has 2 rings (SSSR count). The number of piperidine rings is 1. The van der Waals surface area contributed by atoms with Crippen molar-refractivity contribution in [2.24, 2.45) is 5.92 Å². The summed E-state index contributed by atoms with van der Waals surface area (Å²) in [5, 5.41) is 0. The fourth-order valence-corrected chi connectivity index (χ4v) is 2.51. The molecule has 0 aromatic carbocycles. The Balaban J connectivity index is 1.86. The van der Waals surface area contributed by atoms with Gasteiger partial charge in [-0.15, -0.1) is 0 Å². The molecule has 16 heavy (non-hydrogen) atoms. The van der Waals surface area contributed by atoms with Gasteiger partial charge in [-0.2, -0.15) is 0 Å². The molecule has 0 spiro atoms. The van der Waals surface area contributed by atoms with E-state index in [1.807, 2.05) is 4.90 Å². The molecule has 2 aliphatic rings. The van der Waals surface area contributed by atoms with Crippen LogP contribution in [0.2, 0.25) is 0 Å². The number of ether oxygens (including phenoxy) is 1. The molecule has 1 saturated heterocycles. The van der Waals surface area contributed by atoms with Crippen molar-refractivity contribution in [2.45, 2.75) is 58.0 Å². The third-order valence-electron chi connectivity index (χ3n) is 4.16. The van der Waals surface area contributed by atoms with E-state index in [-0.39, 0.29) is 11.7 Å². The Hall–Kier alpha value is -0.730. The van der Waals surface area contributed by atoms with Gasteiger partial charge in [-0.3, -0.25) is 0 Å². The van der Waals surface area contributed by atoms with Crippen molar-refractivity contribution in [3.8, 4) is 0 Å². The minimum absolute atomic E-state index is 0.0718. The summed E-state index contributed by atoms with van der Waals surface area (Å²) in [6, 6.07) is 0. The number of rotatable bonds is 3. The fraction of sp³-hybridized carbons (Fsp3) is 0.923. The van der Waals surface area contributed by atoms with E-state index in [2.05, 4.69) is 13.8 Å². The summed E-state index contributed by atoms with van der Waals surface area (Å²) in [7, 11) is 0. The minimum atomic E-state index is -0.108. The van der Waals surface area contributed by atoms with Gasteiger partial charge < -0.3 is 9.64 Å². The molecule has 1 unspecified atom stereocenters. The third kappa shape index (κ3) is 2.33. The van der Waals surface area contributed by atoms with E-state index < -0.39 is 0 Å². The Kier molecular flexibility index (Phi) is 3.41. The van der Waals surface area contributed by atoms with Crippen LogP contribution < -0.4 is 0 Å². The third-order valence-corrected chi connectivity index (χ3v) is 4.16. The van der Waals surface area contributed by atoms with Crippen LogP contribution in [0.4, 0.5) is 4.79 Å². The van der Waals surface area contributed by atoms with Gasteiger partial charge in [-0.1, -0.05) is 13.8 Å². The topological polar surface area (TPSA) is 29.5 Å². The Morgan fingerprint density at radius 3 is 2.44 bits per heavy atom. The number of amides is 1. The molecule has 1 heterocycles. The quantitative estimate of drug-likeness (QED) is 0.738. The summed E-state index contributed by atoms with van der Waals surface area (Å²) < 4.78 is 5.73. The molecular weight excluding hydrogens is 202 g/mol. The normalized spacial score (nSPS) is 25.0. The van der Waals surface area contributed by atoms with Crippen LogP contribution in [0.15, 0.2) is 0 Å². The molecule has 1 amide bonds. The van der Waals surface area contributed by atoms with E-state index >= 15 is 0 Å². The summed E-state index contributed by atoms with van der Waals surface area (Å²) in [6.07, 6.45) is 6.64. The molecule has 1 saturated carbocycles. The monoisotopic (exact) mass is 225 g/mol. The maximum atomic E-state index is 12.0. The van der Waals surface area contributed by atoms with Gasteiger partial charge in [0.2, 0.25) is 0 Å². The smallest absolute Gasteiger partial charge is 0.410 e. The van der Waals surface area contributed by atoms with E-state index in [9.17, 15) is 4.79 Å². The van der Waals surface area contributed by atoms with Crippen molar-refractivity contribution in [1.82, 2.24) is 4.90 Å². The van der Waals surface area contributed by atoms with Crippen LogP contribution in [0.5, 0.6) is 0 Å². The Morgan fingerprint density at radius 1 is 1.31 bits per heavy atom. The summed E-state index contributed by atoms with van der Waals surface area (Å²) in [6.45, 7) is 6.13. The number of nitrogens with zero attached hydrogens (tertiary/aromatic N) is 1. The van der Waals surface area contributed by atoms with Gasteiger partial charge in [-0.25, -0.2) is 4.79 Å². The molecule has 0 aromatic rings. The molecule has 1 aliphatic heterocycles. The van der Waals surface area contributed by atoms with Crippen LogP contribution in [0.1, 0.15) is 52.4 Å². The van der Waals surface area contributed by atoms with Crippen LogP contribution in [0.3, 0.4) is 0 Å². The molecule has 1 atom stereocenters. The maximum absolute atomic E-state index is 12.0. The molecule has 2 fully saturated rings. The van der Waals surface area contributed by atoms with Gasteiger partial charge in [0.1, 0.15) is 5.60 Å². The standard InChI is InChI=1S/C13H23NO2/c1-3-11(2)13(7-8-13)16-12(15)14-9-5-4-6-10-14/h11H,3-10H2,1-2H3. The minimum Gasteiger partial charge on any atom is -0.443 e. The molecule has 3 nitrogen and oxygen atoms in total. The largest absolute Gasteiger partial charge is 0.443 e. The zero-order chi connectivity index (χ0) is 11.6. The zero-order valence-corrected chi connectivity index (χ0v) is 10.5. The predicted molar refractivity (Wildman–Crippen MR) is 63.3 cm³/mol. The predicted octanol–water partition coefficient (Wildman–Crippen LogP) is 3.19. The lowest BCUT2D eigenvalue weighted by Gasteiger charge is -2.30. The second-order valence-electron chi connectivity index (χ2n) is 5.29. The number of hydrogen-bond acceptors (Lipinski definition) is 2. The maximum Gasteiger partial charge on any atom is 0.410 e. The van der Waals surface area contributed by atoms with E-state index in [1.54, 1.807) is 0 Å². The molecular formula is C13H23NO2. The Bertz CT molecular complexity index is 255. The summed E-state index contributed by atoms with van der Waals surface area (Å²) in [5.74, 6) is 0.501. The van der Waals surface area contributed by atoms with Crippen molar-refractivity contribution >= 4 is 6.09 Å². The second kappa shape index (κ2) is 4.64. The van der Waals surface area contributed by atoms with Crippen molar-refractivity contribution in [2.75, 3.05) is 13.1 Å². The highest BCUT2D eigenvalue weighted by Crippen LogP contribution is 2.47. The van der Waals surface area contributed by atoms with Crippen molar-refractivity contribution in [1.29, 1.82) is 0 Å². The Morgan fingerprint density at radius 2 is 1.94 bits per heavy atom. The highest BCUT2D eigenvalue weighted by molar-refractivity contribution is 5.68. The van der Waals surface area contributed by atoms with Crippen LogP contribution >= 0.6 is 0 Å². The molecule has 1 aliphatic carbocycles. The molecule has 92 valence electrons. The van der Waals surface area contributed by atoms with Crippen LogP contribution in [-0.2, 0) is 4.74 Å². The van der Waals surface area contributed by atoms with Gasteiger partial charge in [0, 0.05) is 13.1 Å². The summed E-state index contributed by atoms with van der Waals surface area (Å²) >= 11 is 0. The first kappa shape index (κ1) is 11.7. The SMILES string of the molecule is CCC(C)C1(OC(=O)N2CCCCC2)CC1. The first-order valence-corrected chi connectivity index (χ1v) is 6.66. The molecule has 0 N–H and O–H groups in total. The lowest BCUT2D eigenvalue weighted by atomic mass is 10.00. The van der Waals surface area contributed by atoms with Gasteiger partial charge in [-0.05, 0) is 44.4 Å². The van der Waals surface area contributed by atoms with E-state index in [0.29, 0.717) is 5.92 Å². The van der Waals surface area contributed by atoms with Crippen LogP contribution in [0.25, 0.3) is 0 Å². The highest BCUT2D eigenvalue weighted by Gasteiger charge is 2.51. The lowest BCUT2D eigenvalue weighted by Crippen LogP contribution is -2.40. The van der Waals surface area contributed by atoms with Crippen molar-refractivity contribution in [3.63, 3.8) is 0 Å². The second-order valence-corrected chi connectivity index (χ2v) is 5.29. The number of carbonyl (C=O) groups excluding carboxylic acids is 1. The van der Waals surface area contributed by atoms with E-state index in [0.717, 1.165) is 45.2 Å². The molecule has 0 bridgehead atoms. The van der Waals surface area contributed by atoms with Crippen LogP contribution in [0, 0.1) is 5.92 Å². The number of hydrogen-bond donors (Lipinski definition) is 0. The summed E-state index contributed by atoms with van der Waals surface area (Å²) in [4.78, 5) is 13.9. The zero-order valence-electron chi connectivity index (χ0n) is 10.5. The Labute approximate surface area is 98.1 Å². The lowest BCUT2D eigenvalue weighted by molar-refractivity contribution is 0.0182. The van der Waals surface area contributed by atoms with Gasteiger partial charge >= 0.3 is 6.09 Å². The number of likely N-dealkylation sites (tertiary alicyclic amines) is 1. The summed E-state index contributed by atoms with van der Waals surface area (Å²) in [5.41, 5.74) is -0.108. The van der Waals surface area contributed by atoms with E-state index in [1.165, 1.54) is 6.42 Å². The van der Waals surface area contributed by atoms with Crippen molar-refractivity contribution in [3.05, 3.63) is 0 Å². The first-order valence-electron chi connectivity index (χ1n) is 6.66. The fourth-order valence-electron chi connectivity index (χ4n) is 2.51. The van der Waals surface area contributed by atoms with Gasteiger partial charge in [0.15, 0.2) is 0 Å². The van der Waals surface area contributed by atoms with E-state index in [4.69, 9.17) is 4.74 Å². The molecule has 0 radical (unpaired) electrons. The number of carbonyl (C=O) groups is 1. The van der Waals surface area contributed by atoms with Crippen molar-refractivity contribution < 1.29 is 9.53 Å². The first-order chi connectivity index (χ1) is 7.68. The van der Waals surface area contributed by atoms with Gasteiger partial charge in [0.25, 0.3) is 0 Å². The molecule has 3 heteroatoms. The van der Waals surface area contributed by atoms with Crippen LogP contribution in [-0.4, -0.2) is 29.7 Å².